The molecule has 3 aromatic rings. The van der Waals surface area contributed by atoms with Crippen LogP contribution < -0.4 is 10.7 Å². The molecular formula is C21H18N4O4S. The normalized spacial score (nSPS) is 11.0. The highest BCUT2D eigenvalue weighted by Gasteiger charge is 2.09. The zero-order chi connectivity index (χ0) is 21.5. The van der Waals surface area contributed by atoms with Crippen molar-refractivity contribution in [2.45, 2.75) is 13.3 Å². The van der Waals surface area contributed by atoms with E-state index in [1.807, 2.05) is 11.4 Å². The second-order valence-electron chi connectivity index (χ2n) is 6.34. The van der Waals surface area contributed by atoms with Gasteiger partial charge in [-0.05, 0) is 41.6 Å². The molecule has 0 aliphatic heterocycles. The smallest absolute Gasteiger partial charge is 0.269 e. The summed E-state index contributed by atoms with van der Waals surface area (Å²) in [4.78, 5) is 34.9. The lowest BCUT2D eigenvalue weighted by molar-refractivity contribution is -0.384. The van der Waals surface area contributed by atoms with E-state index in [1.54, 1.807) is 37.3 Å². The molecule has 9 heteroatoms. The number of hydrazone groups is 1. The van der Waals surface area contributed by atoms with Crippen LogP contribution in [0.3, 0.4) is 0 Å². The first kappa shape index (κ1) is 20.9. The Labute approximate surface area is 176 Å². The third-order valence-electron chi connectivity index (χ3n) is 4.17. The van der Waals surface area contributed by atoms with Gasteiger partial charge in [0.1, 0.15) is 0 Å². The van der Waals surface area contributed by atoms with Crippen LogP contribution in [-0.4, -0.2) is 22.4 Å². The largest absolute Gasteiger partial charge is 0.321 e. The second kappa shape index (κ2) is 9.57. The summed E-state index contributed by atoms with van der Waals surface area (Å²) >= 11 is 1.37. The van der Waals surface area contributed by atoms with E-state index in [0.717, 1.165) is 5.56 Å². The van der Waals surface area contributed by atoms with E-state index in [-0.39, 0.29) is 23.9 Å². The molecule has 8 nitrogen and oxygen atoms in total. The Morgan fingerprint density at radius 2 is 1.77 bits per heavy atom. The van der Waals surface area contributed by atoms with Crippen LogP contribution in [0.25, 0.3) is 0 Å². The molecule has 0 radical (unpaired) electrons. The standard InChI is InChI=1S/C21H18N4O4S/c1-14(23-24-20(26)13-15-4-10-18(11-5-15)25(28)29)16-6-8-17(9-7-16)22-21(27)19-3-2-12-30-19/h2-12H,13H2,1H3,(H,22,27)(H,24,26)/b23-14+. The minimum atomic E-state index is -0.490. The Kier molecular flexibility index (Phi) is 6.66. The highest BCUT2D eigenvalue weighted by atomic mass is 32.1. The number of nitrogens with zero attached hydrogens (tertiary/aromatic N) is 2. The summed E-state index contributed by atoms with van der Waals surface area (Å²) < 4.78 is 0. The molecule has 0 unspecified atom stereocenters. The Morgan fingerprint density at radius 3 is 2.37 bits per heavy atom. The number of carbonyl (C=O) groups is 2. The molecule has 0 aliphatic carbocycles. The average Bonchev–Trinajstić information content (AvgIpc) is 3.28. The molecule has 0 spiro atoms. The molecule has 0 saturated carbocycles. The molecule has 0 aliphatic rings. The summed E-state index contributed by atoms with van der Waals surface area (Å²) in [5.41, 5.74) is 5.15. The Hall–Kier alpha value is -3.85. The molecule has 2 aromatic carbocycles. The number of hydrogen-bond acceptors (Lipinski definition) is 6. The van der Waals surface area contributed by atoms with Gasteiger partial charge in [0.2, 0.25) is 5.91 Å². The highest BCUT2D eigenvalue weighted by molar-refractivity contribution is 7.12. The van der Waals surface area contributed by atoms with Crippen molar-refractivity contribution in [3.63, 3.8) is 0 Å². The van der Waals surface area contributed by atoms with Crippen LogP contribution in [0.15, 0.2) is 71.1 Å². The van der Waals surface area contributed by atoms with Crippen LogP contribution in [0.4, 0.5) is 11.4 Å². The summed E-state index contributed by atoms with van der Waals surface area (Å²) in [6.07, 6.45) is 0.0580. The predicted octanol–water partition coefficient (Wildman–Crippen LogP) is 3.99. The van der Waals surface area contributed by atoms with Crippen LogP contribution >= 0.6 is 11.3 Å². The van der Waals surface area contributed by atoms with E-state index in [0.29, 0.717) is 21.8 Å². The van der Waals surface area contributed by atoms with Gasteiger partial charge in [0, 0.05) is 17.8 Å². The maximum atomic E-state index is 12.1. The number of benzene rings is 2. The number of nitro benzene ring substituents is 1. The molecule has 0 saturated heterocycles. The van der Waals surface area contributed by atoms with Gasteiger partial charge in [-0.15, -0.1) is 11.3 Å². The number of non-ortho nitro benzene ring substituents is 1. The topological polar surface area (TPSA) is 114 Å². The zero-order valence-corrected chi connectivity index (χ0v) is 16.8. The Balaban J connectivity index is 1.55. The number of thiophene rings is 1. The van der Waals surface area contributed by atoms with Crippen LogP contribution in [-0.2, 0) is 11.2 Å². The van der Waals surface area contributed by atoms with Gasteiger partial charge < -0.3 is 5.32 Å². The molecule has 1 heterocycles. The molecule has 1 aromatic heterocycles. The molecule has 2 N–H and O–H groups in total. The van der Waals surface area contributed by atoms with Crippen LogP contribution in [0.2, 0.25) is 0 Å². The first-order chi connectivity index (χ1) is 14.4. The lowest BCUT2D eigenvalue weighted by atomic mass is 10.1. The minimum absolute atomic E-state index is 0.0250. The zero-order valence-electron chi connectivity index (χ0n) is 16.0. The van der Waals surface area contributed by atoms with Gasteiger partial charge >= 0.3 is 0 Å². The SMILES string of the molecule is C/C(=N\NC(=O)Cc1ccc([N+](=O)[O-])cc1)c1ccc(NC(=O)c2cccs2)cc1. The summed E-state index contributed by atoms with van der Waals surface area (Å²) in [6, 6.07) is 16.5. The number of nitrogens with one attached hydrogen (secondary N) is 2. The number of carbonyl (C=O) groups excluding carboxylic acids is 2. The first-order valence-electron chi connectivity index (χ1n) is 8.94. The van der Waals surface area contributed by atoms with Crippen LogP contribution in [0.1, 0.15) is 27.7 Å². The molecular weight excluding hydrogens is 404 g/mol. The molecule has 152 valence electrons. The van der Waals surface area contributed by atoms with Crippen molar-refractivity contribution in [1.82, 2.24) is 5.43 Å². The maximum absolute atomic E-state index is 12.1. The molecule has 0 fully saturated rings. The van der Waals surface area contributed by atoms with Gasteiger partial charge in [-0.25, -0.2) is 5.43 Å². The second-order valence-corrected chi connectivity index (χ2v) is 7.29. The van der Waals surface area contributed by atoms with Crippen molar-refractivity contribution in [3.05, 3.63) is 92.2 Å². The highest BCUT2D eigenvalue weighted by Crippen LogP contribution is 2.15. The van der Waals surface area contributed by atoms with E-state index in [9.17, 15) is 19.7 Å². The van der Waals surface area contributed by atoms with E-state index < -0.39 is 4.92 Å². The molecule has 2 amide bonds. The summed E-state index contributed by atoms with van der Waals surface area (Å²) in [6.45, 7) is 1.76. The number of nitro groups is 1. The van der Waals surface area contributed by atoms with Gasteiger partial charge in [0.05, 0.1) is 21.9 Å². The van der Waals surface area contributed by atoms with Crippen LogP contribution in [0, 0.1) is 10.1 Å². The number of hydrogen-bond donors (Lipinski definition) is 2. The van der Waals surface area contributed by atoms with Crippen molar-refractivity contribution in [2.75, 3.05) is 5.32 Å². The molecule has 30 heavy (non-hydrogen) atoms. The third-order valence-corrected chi connectivity index (χ3v) is 5.03. The first-order valence-corrected chi connectivity index (χ1v) is 9.82. The maximum Gasteiger partial charge on any atom is 0.269 e. The third kappa shape index (κ3) is 5.58. The van der Waals surface area contributed by atoms with E-state index >= 15 is 0 Å². The van der Waals surface area contributed by atoms with Gasteiger partial charge in [0.25, 0.3) is 11.6 Å². The number of amides is 2. The van der Waals surface area contributed by atoms with Gasteiger partial charge in [-0.3, -0.25) is 19.7 Å². The number of anilines is 1. The Bertz CT molecular complexity index is 1080. The van der Waals surface area contributed by atoms with Gasteiger partial charge in [0.15, 0.2) is 0 Å². The van der Waals surface area contributed by atoms with E-state index in [4.69, 9.17) is 0 Å². The van der Waals surface area contributed by atoms with Gasteiger partial charge in [-0.2, -0.15) is 5.10 Å². The van der Waals surface area contributed by atoms with Crippen molar-refractivity contribution in [3.8, 4) is 0 Å². The molecule has 0 atom stereocenters. The fourth-order valence-corrected chi connectivity index (χ4v) is 3.19. The minimum Gasteiger partial charge on any atom is -0.321 e. The predicted molar refractivity (Wildman–Crippen MR) is 116 cm³/mol. The lowest BCUT2D eigenvalue weighted by Crippen LogP contribution is -2.21. The number of rotatable bonds is 7. The fourth-order valence-electron chi connectivity index (χ4n) is 2.57. The van der Waals surface area contributed by atoms with Crippen molar-refractivity contribution in [1.29, 1.82) is 0 Å². The van der Waals surface area contributed by atoms with Crippen molar-refractivity contribution < 1.29 is 14.5 Å². The molecule has 0 bridgehead atoms. The van der Waals surface area contributed by atoms with Crippen molar-refractivity contribution in [2.24, 2.45) is 5.10 Å². The monoisotopic (exact) mass is 422 g/mol. The summed E-state index contributed by atoms with van der Waals surface area (Å²) in [7, 11) is 0. The van der Waals surface area contributed by atoms with Crippen LogP contribution in [0.5, 0.6) is 0 Å². The van der Waals surface area contributed by atoms with Crippen molar-refractivity contribution >= 4 is 40.2 Å². The quantitative estimate of drug-likeness (QED) is 0.340. The average molecular weight is 422 g/mol. The summed E-state index contributed by atoms with van der Waals surface area (Å²) in [5.74, 6) is -0.496. The Morgan fingerprint density at radius 1 is 1.07 bits per heavy atom. The van der Waals surface area contributed by atoms with Gasteiger partial charge in [-0.1, -0.05) is 30.3 Å². The molecule has 3 rings (SSSR count). The lowest BCUT2D eigenvalue weighted by Gasteiger charge is -2.06. The van der Waals surface area contributed by atoms with E-state index in [1.165, 1.54) is 35.6 Å². The van der Waals surface area contributed by atoms with E-state index in [2.05, 4.69) is 15.8 Å². The fraction of sp³-hybridized carbons (Fsp3) is 0.0952. The summed E-state index contributed by atoms with van der Waals surface area (Å²) in [5, 5.41) is 19.4.